The number of hydrogen-bond acceptors (Lipinski definition) is 5. The Morgan fingerprint density at radius 2 is 1.42 bits per heavy atom. The van der Waals surface area contributed by atoms with Crippen molar-refractivity contribution in [1.29, 1.82) is 0 Å². The predicted octanol–water partition coefficient (Wildman–Crippen LogP) is 4.63. The number of anilines is 1. The molecule has 0 aliphatic carbocycles. The van der Waals surface area contributed by atoms with Crippen molar-refractivity contribution in [3.8, 4) is 22.6 Å². The number of methoxy groups -OCH3 is 2. The van der Waals surface area contributed by atoms with Crippen LogP contribution in [-0.2, 0) is 11.2 Å². The molecule has 0 radical (unpaired) electrons. The molecule has 6 heteroatoms. The van der Waals surface area contributed by atoms with E-state index in [1.807, 2.05) is 60.7 Å². The zero-order chi connectivity index (χ0) is 25.2. The van der Waals surface area contributed by atoms with E-state index < -0.39 is 0 Å². The molecule has 3 aromatic carbocycles. The lowest BCUT2D eigenvalue weighted by Gasteiger charge is -2.36. The summed E-state index contributed by atoms with van der Waals surface area (Å²) in [5.41, 5.74) is 4.23. The van der Waals surface area contributed by atoms with Gasteiger partial charge in [0.05, 0.1) is 26.3 Å². The Morgan fingerprint density at radius 3 is 2.17 bits per heavy atom. The summed E-state index contributed by atoms with van der Waals surface area (Å²) in [7, 11) is 3.40. The number of para-hydroxylation sites is 3. The molecule has 190 valence electrons. The third-order valence-electron chi connectivity index (χ3n) is 6.79. The van der Waals surface area contributed by atoms with Gasteiger partial charge in [-0.25, -0.2) is 0 Å². The number of carbonyl (C=O) groups excluding carboxylic acids is 1. The summed E-state index contributed by atoms with van der Waals surface area (Å²) in [4.78, 5) is 17.6. The molecule has 1 heterocycles. The molecule has 0 bridgehead atoms. The molecule has 0 unspecified atom stereocenters. The highest BCUT2D eigenvalue weighted by molar-refractivity contribution is 5.83. The second-order valence-corrected chi connectivity index (χ2v) is 9.09. The average Bonchev–Trinajstić information content (AvgIpc) is 2.93. The highest BCUT2D eigenvalue weighted by Crippen LogP contribution is 2.32. The molecular weight excluding hydrogens is 450 g/mol. The van der Waals surface area contributed by atoms with Gasteiger partial charge in [0.2, 0.25) is 5.91 Å². The molecule has 36 heavy (non-hydrogen) atoms. The summed E-state index contributed by atoms with van der Waals surface area (Å²) in [6.07, 6.45) is 2.42. The Hall–Kier alpha value is -3.51. The Kier molecular flexibility index (Phi) is 9.22. The van der Waals surface area contributed by atoms with Crippen LogP contribution in [0, 0.1) is 0 Å². The number of piperazine rings is 1. The van der Waals surface area contributed by atoms with E-state index in [1.165, 1.54) is 5.69 Å². The number of carbonyl (C=O) groups is 1. The number of amides is 1. The van der Waals surface area contributed by atoms with Crippen molar-refractivity contribution in [2.45, 2.75) is 19.3 Å². The summed E-state index contributed by atoms with van der Waals surface area (Å²) in [5, 5.41) is 3.11. The van der Waals surface area contributed by atoms with Crippen molar-refractivity contribution in [3.63, 3.8) is 0 Å². The number of ether oxygens (including phenoxy) is 2. The van der Waals surface area contributed by atoms with Crippen LogP contribution in [0.4, 0.5) is 5.69 Å². The van der Waals surface area contributed by atoms with Gasteiger partial charge in [-0.3, -0.25) is 9.69 Å². The SMILES string of the molecule is COc1ccccc1-c1ccccc1CC(=O)NCCCCN1CCN(c2ccccc2OC)CC1. The Morgan fingerprint density at radius 1 is 0.778 bits per heavy atom. The molecule has 0 saturated carbocycles. The third-order valence-corrected chi connectivity index (χ3v) is 6.79. The molecule has 0 spiro atoms. The number of benzene rings is 3. The molecule has 0 aromatic heterocycles. The molecular formula is C30H37N3O3. The van der Waals surface area contributed by atoms with Gasteiger partial charge in [0.25, 0.3) is 0 Å². The molecule has 3 aromatic rings. The minimum absolute atomic E-state index is 0.0581. The van der Waals surface area contributed by atoms with Crippen molar-refractivity contribution in [1.82, 2.24) is 10.2 Å². The first-order chi connectivity index (χ1) is 17.7. The van der Waals surface area contributed by atoms with Crippen LogP contribution in [0.1, 0.15) is 18.4 Å². The zero-order valence-corrected chi connectivity index (χ0v) is 21.4. The first-order valence-corrected chi connectivity index (χ1v) is 12.8. The van der Waals surface area contributed by atoms with Gasteiger partial charge in [0.1, 0.15) is 11.5 Å². The normalized spacial score (nSPS) is 13.9. The molecule has 1 amide bonds. The molecule has 1 aliphatic heterocycles. The molecule has 1 saturated heterocycles. The van der Waals surface area contributed by atoms with Crippen LogP contribution in [0.15, 0.2) is 72.8 Å². The number of unbranched alkanes of at least 4 members (excludes halogenated alkanes) is 1. The molecule has 1 fully saturated rings. The lowest BCUT2D eigenvalue weighted by atomic mass is 9.96. The van der Waals surface area contributed by atoms with E-state index in [9.17, 15) is 4.79 Å². The minimum Gasteiger partial charge on any atom is -0.496 e. The summed E-state index contributed by atoms with van der Waals surface area (Å²) >= 11 is 0. The van der Waals surface area contributed by atoms with Crippen LogP contribution in [0.2, 0.25) is 0 Å². The van der Waals surface area contributed by atoms with Crippen molar-refractivity contribution in [2.75, 3.05) is 58.4 Å². The molecule has 6 nitrogen and oxygen atoms in total. The topological polar surface area (TPSA) is 54.0 Å². The Labute approximate surface area is 214 Å². The minimum atomic E-state index is 0.0581. The van der Waals surface area contributed by atoms with Gasteiger partial charge in [-0.05, 0) is 48.7 Å². The van der Waals surface area contributed by atoms with E-state index in [1.54, 1.807) is 14.2 Å². The van der Waals surface area contributed by atoms with Crippen molar-refractivity contribution in [3.05, 3.63) is 78.4 Å². The fraction of sp³-hybridized carbons (Fsp3) is 0.367. The second kappa shape index (κ2) is 13.0. The number of nitrogens with zero attached hydrogens (tertiary/aromatic N) is 2. The largest absolute Gasteiger partial charge is 0.496 e. The average molecular weight is 488 g/mol. The number of nitrogens with one attached hydrogen (secondary N) is 1. The van der Waals surface area contributed by atoms with Gasteiger partial charge in [0.15, 0.2) is 0 Å². The zero-order valence-electron chi connectivity index (χ0n) is 21.4. The van der Waals surface area contributed by atoms with Crippen molar-refractivity contribution in [2.24, 2.45) is 0 Å². The van der Waals surface area contributed by atoms with Gasteiger partial charge >= 0.3 is 0 Å². The summed E-state index contributed by atoms with van der Waals surface area (Å²) < 4.78 is 11.0. The molecule has 1 N–H and O–H groups in total. The molecule has 4 rings (SSSR count). The monoisotopic (exact) mass is 487 g/mol. The molecule has 1 aliphatic rings. The number of rotatable bonds is 11. The van der Waals surface area contributed by atoms with Crippen LogP contribution in [0.25, 0.3) is 11.1 Å². The third kappa shape index (κ3) is 6.58. The van der Waals surface area contributed by atoms with Crippen LogP contribution in [-0.4, -0.2) is 64.3 Å². The van der Waals surface area contributed by atoms with Gasteiger partial charge < -0.3 is 19.7 Å². The van der Waals surface area contributed by atoms with E-state index in [4.69, 9.17) is 9.47 Å². The predicted molar refractivity (Wildman–Crippen MR) is 146 cm³/mol. The summed E-state index contributed by atoms with van der Waals surface area (Å²) in [6, 6.07) is 24.2. The van der Waals surface area contributed by atoms with Crippen molar-refractivity contribution < 1.29 is 14.3 Å². The van der Waals surface area contributed by atoms with Crippen LogP contribution in [0.5, 0.6) is 11.5 Å². The maximum atomic E-state index is 12.7. The summed E-state index contributed by atoms with van der Waals surface area (Å²) in [6.45, 7) is 5.86. The quantitative estimate of drug-likeness (QED) is 0.400. The highest BCUT2D eigenvalue weighted by Gasteiger charge is 2.19. The van der Waals surface area contributed by atoms with E-state index >= 15 is 0 Å². The van der Waals surface area contributed by atoms with Gasteiger partial charge in [-0.2, -0.15) is 0 Å². The highest BCUT2D eigenvalue weighted by atomic mass is 16.5. The van der Waals surface area contributed by atoms with Gasteiger partial charge in [-0.15, -0.1) is 0 Å². The smallest absolute Gasteiger partial charge is 0.224 e. The van der Waals surface area contributed by atoms with E-state index in [-0.39, 0.29) is 5.91 Å². The first-order valence-electron chi connectivity index (χ1n) is 12.8. The van der Waals surface area contributed by atoms with Crippen LogP contribution in [0.3, 0.4) is 0 Å². The van der Waals surface area contributed by atoms with E-state index in [0.29, 0.717) is 13.0 Å². The first kappa shape index (κ1) is 25.6. The van der Waals surface area contributed by atoms with E-state index in [0.717, 1.165) is 73.8 Å². The number of hydrogen-bond donors (Lipinski definition) is 1. The standard InChI is InChI=1S/C30H37N3O3/c1-35-28-15-7-5-13-26(28)25-12-4-3-11-24(25)23-30(34)31-17-9-10-18-32-19-21-33(22-20-32)27-14-6-8-16-29(27)36-2/h3-8,11-16H,9-10,17-23H2,1-2H3,(H,31,34). The van der Waals surface area contributed by atoms with Gasteiger partial charge in [-0.1, -0.05) is 54.6 Å². The second-order valence-electron chi connectivity index (χ2n) is 9.09. The molecule has 0 atom stereocenters. The Balaban J connectivity index is 1.18. The fourth-order valence-electron chi connectivity index (χ4n) is 4.83. The lowest BCUT2D eigenvalue weighted by Crippen LogP contribution is -2.46. The van der Waals surface area contributed by atoms with Crippen LogP contribution >= 0.6 is 0 Å². The summed E-state index contributed by atoms with van der Waals surface area (Å²) in [5.74, 6) is 1.81. The fourth-order valence-corrected chi connectivity index (χ4v) is 4.83. The maximum absolute atomic E-state index is 12.7. The van der Waals surface area contributed by atoms with Gasteiger partial charge in [0, 0.05) is 38.3 Å². The lowest BCUT2D eigenvalue weighted by molar-refractivity contribution is -0.120. The van der Waals surface area contributed by atoms with Crippen LogP contribution < -0.4 is 19.7 Å². The van der Waals surface area contributed by atoms with Crippen molar-refractivity contribution >= 4 is 11.6 Å². The maximum Gasteiger partial charge on any atom is 0.224 e. The van der Waals surface area contributed by atoms with E-state index in [2.05, 4.69) is 27.2 Å². The Bertz CT molecular complexity index is 1130.